The van der Waals surface area contributed by atoms with E-state index in [4.69, 9.17) is 16.3 Å². The molecule has 7 nitrogen and oxygen atoms in total. The van der Waals surface area contributed by atoms with Crippen LogP contribution in [0.25, 0.3) is 0 Å². The predicted molar refractivity (Wildman–Crippen MR) is 121 cm³/mol. The quantitative estimate of drug-likeness (QED) is 0.526. The summed E-state index contributed by atoms with van der Waals surface area (Å²) in [6.07, 6.45) is 0. The number of anilines is 1. The first-order valence-electron chi connectivity index (χ1n) is 9.88. The van der Waals surface area contributed by atoms with Crippen LogP contribution < -0.4 is 4.31 Å². The third kappa shape index (κ3) is 5.77. The normalized spacial score (nSPS) is 11.5. The lowest BCUT2D eigenvalue weighted by atomic mass is 10.2. The van der Waals surface area contributed by atoms with Crippen LogP contribution in [0.3, 0.4) is 0 Å². The number of carbonyl (C=O) groups excluding carboxylic acids is 2. The maximum atomic E-state index is 13.2. The first-order valence-corrected chi connectivity index (χ1v) is 11.7. The Morgan fingerprint density at radius 2 is 1.59 bits per heavy atom. The van der Waals surface area contributed by atoms with Crippen LogP contribution in [-0.4, -0.2) is 50.9 Å². The third-order valence-electron chi connectivity index (χ3n) is 4.73. The molecule has 0 unspecified atom stereocenters. The fourth-order valence-corrected chi connectivity index (χ4v) is 4.64. The summed E-state index contributed by atoms with van der Waals surface area (Å²) in [6, 6.07) is 8.35. The van der Waals surface area contributed by atoms with Crippen molar-refractivity contribution in [3.63, 3.8) is 0 Å². The summed E-state index contributed by atoms with van der Waals surface area (Å²) in [5, 5.41) is -0.0181. The molecule has 0 bridgehead atoms. The molecule has 0 atom stereocenters. The zero-order chi connectivity index (χ0) is 24.2. The number of halogens is 2. The minimum Gasteiger partial charge on any atom is -0.452 e. The van der Waals surface area contributed by atoms with E-state index < -0.39 is 28.4 Å². The van der Waals surface area contributed by atoms with E-state index in [1.54, 1.807) is 4.90 Å². The second kappa shape index (κ2) is 10.3. The number of rotatable bonds is 8. The summed E-state index contributed by atoms with van der Waals surface area (Å²) >= 11 is 6.09. The highest BCUT2D eigenvalue weighted by atomic mass is 35.5. The van der Waals surface area contributed by atoms with E-state index in [9.17, 15) is 22.4 Å². The Morgan fingerprint density at radius 3 is 2.12 bits per heavy atom. The molecule has 1 amide bonds. The summed E-state index contributed by atoms with van der Waals surface area (Å²) in [7, 11) is -2.77. The molecule has 0 heterocycles. The number of nitrogens with zero attached hydrogens (tertiary/aromatic N) is 2. The van der Waals surface area contributed by atoms with E-state index >= 15 is 0 Å². The molecule has 0 aliphatic carbocycles. The number of ether oxygens (including phenoxy) is 1. The van der Waals surface area contributed by atoms with Crippen molar-refractivity contribution in [2.45, 2.75) is 44.7 Å². The number of carbonyl (C=O) groups is 2. The largest absolute Gasteiger partial charge is 0.452 e. The van der Waals surface area contributed by atoms with Gasteiger partial charge in [0.1, 0.15) is 5.82 Å². The molecule has 0 aliphatic heterocycles. The molecule has 0 spiro atoms. The molecule has 32 heavy (non-hydrogen) atoms. The number of amides is 1. The van der Waals surface area contributed by atoms with Gasteiger partial charge >= 0.3 is 5.97 Å². The Bertz CT molecular complexity index is 1080. The van der Waals surface area contributed by atoms with Crippen LogP contribution in [0.5, 0.6) is 0 Å². The van der Waals surface area contributed by atoms with E-state index in [-0.39, 0.29) is 39.2 Å². The van der Waals surface area contributed by atoms with Gasteiger partial charge in [-0.1, -0.05) is 11.6 Å². The molecule has 0 N–H and O–H groups in total. The molecular formula is C22H26ClFN2O5S. The molecule has 2 rings (SSSR count). The van der Waals surface area contributed by atoms with E-state index in [2.05, 4.69) is 0 Å². The van der Waals surface area contributed by atoms with Crippen molar-refractivity contribution in [2.24, 2.45) is 0 Å². The van der Waals surface area contributed by atoms with Crippen LogP contribution in [-0.2, 0) is 19.6 Å². The predicted octanol–water partition coefficient (Wildman–Crippen LogP) is 4.11. The minimum atomic E-state index is -4.08. The number of hydrogen-bond donors (Lipinski definition) is 0. The Hall–Kier alpha value is -2.65. The van der Waals surface area contributed by atoms with Gasteiger partial charge in [-0.2, -0.15) is 0 Å². The van der Waals surface area contributed by atoms with Crippen LogP contribution >= 0.6 is 11.6 Å². The highest BCUT2D eigenvalue weighted by Gasteiger charge is 2.26. The van der Waals surface area contributed by atoms with Gasteiger partial charge in [0.2, 0.25) is 0 Å². The number of benzene rings is 2. The van der Waals surface area contributed by atoms with Crippen molar-refractivity contribution < 1.29 is 27.1 Å². The Labute approximate surface area is 192 Å². The molecule has 0 aliphatic rings. The van der Waals surface area contributed by atoms with E-state index in [0.29, 0.717) is 0 Å². The lowest BCUT2D eigenvalue weighted by molar-refractivity contribution is -0.138. The molecule has 2 aromatic carbocycles. The Kier molecular flexibility index (Phi) is 8.25. The number of esters is 1. The fraction of sp³-hybridized carbons (Fsp3) is 0.364. The molecule has 0 saturated heterocycles. The van der Waals surface area contributed by atoms with Crippen LogP contribution in [0.2, 0.25) is 5.02 Å². The standard InChI is InChI=1S/C22H26ClFN2O5S/c1-14(2)26(15(3)4)21(27)13-31-22(28)19-12-18(10-11-20(19)23)32(29,30)25(5)17-8-6-16(24)7-9-17/h6-12,14-15H,13H2,1-5H3. The van der Waals surface area contributed by atoms with Crippen molar-refractivity contribution in [1.82, 2.24) is 4.90 Å². The van der Waals surface area contributed by atoms with Gasteiger partial charge in [0.05, 0.1) is 21.2 Å². The summed E-state index contributed by atoms with van der Waals surface area (Å²) in [5.74, 6) is -1.80. The highest BCUT2D eigenvalue weighted by molar-refractivity contribution is 7.92. The van der Waals surface area contributed by atoms with E-state index in [1.165, 1.54) is 31.3 Å². The first kappa shape index (κ1) is 25.6. The summed E-state index contributed by atoms with van der Waals surface area (Å²) < 4.78 is 45.2. The average Bonchev–Trinajstić information content (AvgIpc) is 2.71. The average molecular weight is 485 g/mol. The topological polar surface area (TPSA) is 84.0 Å². The van der Waals surface area contributed by atoms with Crippen molar-refractivity contribution in [3.05, 3.63) is 58.9 Å². The lowest BCUT2D eigenvalue weighted by Crippen LogP contribution is -2.44. The van der Waals surface area contributed by atoms with Gasteiger partial charge in [-0.05, 0) is 70.2 Å². The highest BCUT2D eigenvalue weighted by Crippen LogP contribution is 2.26. The van der Waals surface area contributed by atoms with Crippen LogP contribution in [0.15, 0.2) is 47.4 Å². The van der Waals surface area contributed by atoms with Crippen LogP contribution in [0, 0.1) is 5.82 Å². The number of sulfonamides is 1. The monoisotopic (exact) mass is 484 g/mol. The molecular weight excluding hydrogens is 459 g/mol. The third-order valence-corrected chi connectivity index (χ3v) is 6.84. The molecule has 174 valence electrons. The fourth-order valence-electron chi connectivity index (χ4n) is 3.22. The van der Waals surface area contributed by atoms with Crippen LogP contribution in [0.1, 0.15) is 38.1 Å². The SMILES string of the molecule is CC(C)N(C(=O)COC(=O)c1cc(S(=O)(=O)N(C)c2ccc(F)cc2)ccc1Cl)C(C)C. The lowest BCUT2D eigenvalue weighted by Gasteiger charge is -2.30. The summed E-state index contributed by atoms with van der Waals surface area (Å²) in [5.41, 5.74) is 0.0484. The molecule has 0 saturated carbocycles. The van der Waals surface area contributed by atoms with Crippen molar-refractivity contribution >= 4 is 39.2 Å². The zero-order valence-corrected chi connectivity index (χ0v) is 20.1. The van der Waals surface area contributed by atoms with Crippen molar-refractivity contribution in [1.29, 1.82) is 0 Å². The number of hydrogen-bond acceptors (Lipinski definition) is 5. The van der Waals surface area contributed by atoms with Gasteiger partial charge in [0.25, 0.3) is 15.9 Å². The van der Waals surface area contributed by atoms with Gasteiger partial charge in [-0.3, -0.25) is 9.10 Å². The van der Waals surface area contributed by atoms with Gasteiger partial charge in [0, 0.05) is 19.1 Å². The maximum Gasteiger partial charge on any atom is 0.340 e. The van der Waals surface area contributed by atoms with E-state index in [0.717, 1.165) is 22.5 Å². The van der Waals surface area contributed by atoms with Crippen LogP contribution in [0.4, 0.5) is 10.1 Å². The summed E-state index contributed by atoms with van der Waals surface area (Å²) in [4.78, 5) is 26.4. The molecule has 0 fully saturated rings. The molecule has 2 aromatic rings. The Balaban J connectivity index is 2.25. The second-order valence-corrected chi connectivity index (χ2v) is 10.0. The van der Waals surface area contributed by atoms with Crippen molar-refractivity contribution in [3.8, 4) is 0 Å². The smallest absolute Gasteiger partial charge is 0.340 e. The van der Waals surface area contributed by atoms with Crippen molar-refractivity contribution in [2.75, 3.05) is 18.0 Å². The second-order valence-electron chi connectivity index (χ2n) is 7.66. The van der Waals surface area contributed by atoms with E-state index in [1.807, 2.05) is 27.7 Å². The summed E-state index contributed by atoms with van der Waals surface area (Å²) in [6.45, 7) is 6.90. The Morgan fingerprint density at radius 1 is 1.03 bits per heavy atom. The zero-order valence-electron chi connectivity index (χ0n) is 18.5. The molecule has 0 radical (unpaired) electrons. The minimum absolute atomic E-state index is 0.0181. The van der Waals surface area contributed by atoms with Gasteiger partial charge in [-0.15, -0.1) is 0 Å². The van der Waals surface area contributed by atoms with Gasteiger partial charge < -0.3 is 9.64 Å². The molecule has 10 heteroatoms. The molecule has 0 aromatic heterocycles. The first-order chi connectivity index (χ1) is 14.9. The maximum absolute atomic E-state index is 13.2. The van der Waals surface area contributed by atoms with Gasteiger partial charge in [-0.25, -0.2) is 17.6 Å². The van der Waals surface area contributed by atoms with Gasteiger partial charge in [0.15, 0.2) is 6.61 Å².